The quantitative estimate of drug-likeness (QED) is 0.545. The highest BCUT2D eigenvalue weighted by molar-refractivity contribution is 8.14. The second-order valence-corrected chi connectivity index (χ2v) is 10.1. The number of allylic oxidation sites excluding steroid dienone is 3. The minimum atomic E-state index is -0.978. The summed E-state index contributed by atoms with van der Waals surface area (Å²) < 4.78 is 0.453. The molecule has 158 valence electrons. The molecule has 0 unspecified atom stereocenters. The molecule has 4 aliphatic rings. The number of fused-ring (bicyclic) bond motifs is 2. The van der Waals surface area contributed by atoms with E-state index < -0.39 is 5.97 Å². The van der Waals surface area contributed by atoms with Crippen LogP contribution in [0.3, 0.4) is 0 Å². The van der Waals surface area contributed by atoms with Gasteiger partial charge in [-0.3, -0.25) is 19.2 Å². The van der Waals surface area contributed by atoms with Crippen LogP contribution in [0.4, 0.5) is 4.79 Å². The summed E-state index contributed by atoms with van der Waals surface area (Å²) >= 11 is 2.11. The summed E-state index contributed by atoms with van der Waals surface area (Å²) in [5, 5.41) is 10.1. The number of aromatic nitrogens is 1. The van der Waals surface area contributed by atoms with Gasteiger partial charge in [-0.25, -0.2) is 4.98 Å². The van der Waals surface area contributed by atoms with Gasteiger partial charge in [0.05, 0.1) is 18.7 Å². The Balaban J connectivity index is 1.47. The van der Waals surface area contributed by atoms with Crippen LogP contribution < -0.4 is 0 Å². The standard InChI is InChI=1S/C21H22N2O5S2/c1-10-14(19(27)17-12-5-3-11(4-6-12)16(17)18(10)26)8-23(2)21(28)30-20-22-13(9-29-20)7-15(24)25/h9,11-12H,3-8H2,1-2H3,(H,24,25). The van der Waals surface area contributed by atoms with E-state index in [9.17, 15) is 19.2 Å². The molecule has 9 heteroatoms. The lowest BCUT2D eigenvalue weighted by Crippen LogP contribution is -2.40. The van der Waals surface area contributed by atoms with Crippen LogP contribution >= 0.6 is 23.1 Å². The van der Waals surface area contributed by atoms with Crippen LogP contribution in [0.25, 0.3) is 0 Å². The molecule has 30 heavy (non-hydrogen) atoms. The van der Waals surface area contributed by atoms with Crippen LogP contribution in [0.1, 0.15) is 38.3 Å². The number of carbonyl (C=O) groups is 4. The Morgan fingerprint density at radius 1 is 1.17 bits per heavy atom. The number of hydrogen-bond donors (Lipinski definition) is 1. The van der Waals surface area contributed by atoms with Crippen molar-refractivity contribution in [2.75, 3.05) is 13.6 Å². The lowest BCUT2D eigenvalue weighted by molar-refractivity contribution is -0.136. The number of carbonyl (C=O) groups excluding carboxylic acids is 3. The molecule has 1 amide bonds. The SMILES string of the molecule is CC1=C(CN(C)C(=O)Sc2nc(CC(=O)O)cs2)C(=O)C2=C(C1=O)C1CCC2CC1. The van der Waals surface area contributed by atoms with E-state index in [2.05, 4.69) is 4.98 Å². The number of carboxylic acids is 1. The monoisotopic (exact) mass is 446 g/mol. The maximum atomic E-state index is 13.2. The number of amides is 1. The first-order chi connectivity index (χ1) is 14.3. The molecule has 5 rings (SSSR count). The van der Waals surface area contributed by atoms with E-state index in [0.29, 0.717) is 26.8 Å². The third-order valence-electron chi connectivity index (χ3n) is 6.14. The van der Waals surface area contributed by atoms with Gasteiger partial charge in [-0.2, -0.15) is 0 Å². The molecule has 1 heterocycles. The van der Waals surface area contributed by atoms with Gasteiger partial charge in [-0.05, 0) is 44.4 Å². The highest BCUT2D eigenvalue weighted by Crippen LogP contribution is 2.49. The zero-order valence-electron chi connectivity index (χ0n) is 16.8. The number of nitrogens with zero attached hydrogens (tertiary/aromatic N) is 2. The van der Waals surface area contributed by atoms with Crippen LogP contribution in [0.5, 0.6) is 0 Å². The molecule has 1 saturated carbocycles. The third kappa shape index (κ3) is 3.76. The van der Waals surface area contributed by atoms with Gasteiger partial charge >= 0.3 is 5.97 Å². The molecule has 1 N–H and O–H groups in total. The van der Waals surface area contributed by atoms with Crippen molar-refractivity contribution in [1.82, 2.24) is 9.88 Å². The summed E-state index contributed by atoms with van der Waals surface area (Å²) in [5.74, 6) is -0.700. The zero-order valence-corrected chi connectivity index (χ0v) is 18.4. The van der Waals surface area contributed by atoms with E-state index in [1.54, 1.807) is 19.4 Å². The molecule has 1 aromatic heterocycles. The fourth-order valence-corrected chi connectivity index (χ4v) is 6.24. The van der Waals surface area contributed by atoms with E-state index >= 15 is 0 Å². The van der Waals surface area contributed by atoms with Crippen LogP contribution in [0, 0.1) is 11.8 Å². The summed E-state index contributed by atoms with van der Waals surface area (Å²) in [7, 11) is 1.59. The van der Waals surface area contributed by atoms with Gasteiger partial charge in [-0.1, -0.05) is 0 Å². The average Bonchev–Trinajstić information content (AvgIpc) is 3.15. The maximum absolute atomic E-state index is 13.2. The van der Waals surface area contributed by atoms with Crippen molar-refractivity contribution < 1.29 is 24.3 Å². The molecule has 4 aliphatic carbocycles. The summed E-state index contributed by atoms with van der Waals surface area (Å²) in [6.45, 7) is 1.76. The molecule has 2 bridgehead atoms. The summed E-state index contributed by atoms with van der Waals surface area (Å²) in [4.78, 5) is 55.2. The largest absolute Gasteiger partial charge is 0.481 e. The molecule has 1 aromatic rings. The molecule has 1 fully saturated rings. The summed E-state index contributed by atoms with van der Waals surface area (Å²) in [6, 6.07) is 0. The van der Waals surface area contributed by atoms with Crippen molar-refractivity contribution >= 4 is 45.9 Å². The summed E-state index contributed by atoms with van der Waals surface area (Å²) in [5.41, 5.74) is 2.71. The Kier molecular flexibility index (Phi) is 5.67. The number of rotatable bonds is 5. The topological polar surface area (TPSA) is 105 Å². The third-order valence-corrected chi connectivity index (χ3v) is 8.11. The Morgan fingerprint density at radius 2 is 1.77 bits per heavy atom. The number of carboxylic acid groups (broad SMARTS) is 1. The Labute approximate surface area is 182 Å². The van der Waals surface area contributed by atoms with E-state index in [0.717, 1.165) is 43.0 Å². The normalized spacial score (nSPS) is 23.1. The predicted molar refractivity (Wildman–Crippen MR) is 113 cm³/mol. The fraction of sp³-hybridized carbons (Fsp3) is 0.476. The first-order valence-electron chi connectivity index (χ1n) is 9.88. The van der Waals surface area contributed by atoms with Crippen molar-refractivity contribution in [2.24, 2.45) is 11.8 Å². The van der Waals surface area contributed by atoms with Gasteiger partial charge in [0.2, 0.25) is 0 Å². The lowest BCUT2D eigenvalue weighted by Gasteiger charge is -2.41. The van der Waals surface area contributed by atoms with E-state index in [4.69, 9.17) is 5.11 Å². The number of hydrogen-bond acceptors (Lipinski definition) is 7. The first-order valence-corrected chi connectivity index (χ1v) is 11.6. The zero-order chi connectivity index (χ0) is 21.6. The fourth-order valence-electron chi connectivity index (χ4n) is 4.61. The second kappa shape index (κ2) is 8.11. The molecule has 0 aromatic carbocycles. The van der Waals surface area contributed by atoms with Gasteiger partial charge < -0.3 is 10.0 Å². The van der Waals surface area contributed by atoms with Crippen molar-refractivity contribution in [3.05, 3.63) is 33.4 Å². The average molecular weight is 447 g/mol. The molecule has 0 saturated heterocycles. The van der Waals surface area contributed by atoms with Crippen LogP contribution in [0.15, 0.2) is 32.0 Å². The molecule has 0 atom stereocenters. The summed E-state index contributed by atoms with van der Waals surface area (Å²) in [6.07, 6.45) is 3.70. The van der Waals surface area contributed by atoms with E-state index in [1.165, 1.54) is 16.2 Å². The van der Waals surface area contributed by atoms with Crippen molar-refractivity contribution in [3.8, 4) is 0 Å². The Bertz CT molecular complexity index is 1010. The molecule has 0 radical (unpaired) electrons. The molecule has 7 nitrogen and oxygen atoms in total. The number of thiazole rings is 1. The van der Waals surface area contributed by atoms with Crippen molar-refractivity contribution in [1.29, 1.82) is 0 Å². The maximum Gasteiger partial charge on any atom is 0.309 e. The number of Topliss-reactive ketones (excluding diaryl/α,β-unsaturated/α-hetero) is 2. The number of likely N-dealkylation sites (N-methyl/N-ethyl adjacent to an activating group) is 1. The van der Waals surface area contributed by atoms with Crippen LogP contribution in [0.2, 0.25) is 0 Å². The minimum absolute atomic E-state index is 0.0271. The highest BCUT2D eigenvalue weighted by Gasteiger charge is 2.45. The van der Waals surface area contributed by atoms with Gasteiger partial charge in [-0.15, -0.1) is 11.3 Å². The number of thioether (sulfide) groups is 1. The predicted octanol–water partition coefficient (Wildman–Crippen LogP) is 3.50. The smallest absolute Gasteiger partial charge is 0.309 e. The molecule has 0 aliphatic heterocycles. The van der Waals surface area contributed by atoms with Crippen molar-refractivity contribution in [2.45, 2.75) is 43.4 Å². The Morgan fingerprint density at radius 3 is 2.37 bits per heavy atom. The number of ketones is 2. The van der Waals surface area contributed by atoms with Crippen molar-refractivity contribution in [3.63, 3.8) is 0 Å². The van der Waals surface area contributed by atoms with Gasteiger partial charge in [0.15, 0.2) is 15.9 Å². The Hall–Kier alpha value is -2.26. The lowest BCUT2D eigenvalue weighted by atomic mass is 9.61. The van der Waals surface area contributed by atoms with E-state index in [1.807, 2.05) is 0 Å². The molecular weight excluding hydrogens is 424 g/mol. The van der Waals surface area contributed by atoms with Crippen LogP contribution in [-0.2, 0) is 20.8 Å². The number of aliphatic carboxylic acids is 1. The first kappa shape index (κ1) is 21.0. The second-order valence-electron chi connectivity index (χ2n) is 8.04. The van der Waals surface area contributed by atoms with E-state index in [-0.39, 0.29) is 41.6 Å². The molecule has 0 spiro atoms. The van der Waals surface area contributed by atoms with Gasteiger partial charge in [0.1, 0.15) is 0 Å². The van der Waals surface area contributed by atoms with Gasteiger partial charge in [0.25, 0.3) is 5.24 Å². The molecular formula is C21H22N2O5S2. The van der Waals surface area contributed by atoms with Gasteiger partial charge in [0, 0.05) is 46.5 Å². The minimum Gasteiger partial charge on any atom is -0.481 e. The van der Waals surface area contributed by atoms with Crippen LogP contribution in [-0.4, -0.2) is 51.4 Å². The highest BCUT2D eigenvalue weighted by atomic mass is 32.2.